The minimum Gasteiger partial charge on any atom is -0.459 e. The van der Waals surface area contributed by atoms with Crippen LogP contribution >= 0.6 is 0 Å². The number of furan rings is 1. The van der Waals surface area contributed by atoms with Gasteiger partial charge in [-0.15, -0.1) is 0 Å². The van der Waals surface area contributed by atoms with Crippen molar-refractivity contribution in [3.8, 4) is 0 Å². The Kier molecular flexibility index (Phi) is 6.69. The summed E-state index contributed by atoms with van der Waals surface area (Å²) in [7, 11) is 2.16. The lowest BCUT2D eigenvalue weighted by Crippen LogP contribution is -2.44. The van der Waals surface area contributed by atoms with Crippen LogP contribution in [0, 0.1) is 6.92 Å². The molecule has 4 aromatic rings. The van der Waals surface area contributed by atoms with Crippen LogP contribution in [0.25, 0.3) is 11.1 Å². The molecule has 0 radical (unpaired) electrons. The van der Waals surface area contributed by atoms with Gasteiger partial charge in [-0.25, -0.2) is 4.98 Å². The van der Waals surface area contributed by atoms with Gasteiger partial charge in [0.1, 0.15) is 5.52 Å². The minimum absolute atomic E-state index is 0.0462. The maximum absolute atomic E-state index is 12.0. The Morgan fingerprint density at radius 1 is 1.06 bits per heavy atom. The van der Waals surface area contributed by atoms with Crippen molar-refractivity contribution in [3.63, 3.8) is 0 Å². The maximum Gasteiger partial charge on any atom is 0.230 e. The van der Waals surface area contributed by atoms with E-state index in [1.165, 1.54) is 11.8 Å². The van der Waals surface area contributed by atoms with Gasteiger partial charge >= 0.3 is 0 Å². The Hall–Kier alpha value is -4.17. The second-order valence-corrected chi connectivity index (χ2v) is 9.13. The number of carbonyl (C=O) groups excluding carboxylic acids is 1. The molecule has 3 heterocycles. The number of aryl methyl sites for hydroxylation is 1. The molecule has 2 aromatic carbocycles. The van der Waals surface area contributed by atoms with Crippen molar-refractivity contribution < 1.29 is 9.21 Å². The number of ketones is 1. The number of nitrogens with one attached hydrogen (secondary N) is 2. The molecule has 184 valence electrons. The molecule has 8 nitrogen and oxygen atoms in total. The molecule has 5 rings (SSSR count). The molecule has 1 fully saturated rings. The second kappa shape index (κ2) is 10.2. The summed E-state index contributed by atoms with van der Waals surface area (Å²) in [6.45, 7) is 9.78. The summed E-state index contributed by atoms with van der Waals surface area (Å²) in [5.74, 6) is 0.935. The van der Waals surface area contributed by atoms with E-state index in [2.05, 4.69) is 51.2 Å². The third-order valence-corrected chi connectivity index (χ3v) is 6.41. The van der Waals surface area contributed by atoms with Crippen molar-refractivity contribution >= 4 is 45.7 Å². The van der Waals surface area contributed by atoms with E-state index in [9.17, 15) is 4.79 Å². The van der Waals surface area contributed by atoms with Crippen LogP contribution in [0.4, 0.5) is 28.8 Å². The van der Waals surface area contributed by atoms with Crippen LogP contribution < -0.4 is 15.5 Å². The monoisotopic (exact) mass is 482 g/mol. The molecule has 0 atom stereocenters. The van der Waals surface area contributed by atoms with Gasteiger partial charge in [0.2, 0.25) is 5.95 Å². The van der Waals surface area contributed by atoms with Gasteiger partial charge in [0.15, 0.2) is 17.2 Å². The molecule has 2 aromatic heterocycles. The highest BCUT2D eigenvalue weighted by atomic mass is 16.3. The van der Waals surface area contributed by atoms with Gasteiger partial charge in [-0.05, 0) is 61.5 Å². The lowest BCUT2D eigenvalue weighted by Gasteiger charge is -2.34. The Morgan fingerprint density at radius 3 is 2.58 bits per heavy atom. The predicted octanol–water partition coefficient (Wildman–Crippen LogP) is 5.07. The first-order valence-corrected chi connectivity index (χ1v) is 12.1. The fourth-order valence-corrected chi connectivity index (χ4v) is 4.30. The molecule has 0 bridgehead atoms. The number of nitrogens with zero attached hydrogens (tertiary/aromatic N) is 4. The number of fused-ring (bicyclic) bond motifs is 1. The third-order valence-electron chi connectivity index (χ3n) is 6.41. The van der Waals surface area contributed by atoms with E-state index < -0.39 is 0 Å². The van der Waals surface area contributed by atoms with Crippen LogP contribution in [0.3, 0.4) is 0 Å². The number of allylic oxidation sites excluding steroid dienone is 1. The van der Waals surface area contributed by atoms with E-state index >= 15 is 0 Å². The summed E-state index contributed by atoms with van der Waals surface area (Å²) in [5, 5.41) is 6.69. The Balaban J connectivity index is 1.39. The van der Waals surface area contributed by atoms with Gasteiger partial charge in [-0.1, -0.05) is 18.7 Å². The first kappa shape index (κ1) is 23.6. The standard InChI is InChI=1S/C28H30N6O2/c1-4-23(35)18-20-6-5-19(2)17-25(20)30-27-26-24(11-16-36-26)31-28(32-27)29-21-7-9-22(10-8-21)34-14-12-33(3)13-15-34/h4-11,16-17H,1,12-15,18H2,2-3H3,(H2,29,30,31,32). The zero-order valence-corrected chi connectivity index (χ0v) is 20.6. The molecule has 0 spiro atoms. The minimum atomic E-state index is -0.0462. The van der Waals surface area contributed by atoms with E-state index in [-0.39, 0.29) is 12.2 Å². The van der Waals surface area contributed by atoms with Crippen LogP contribution in [0.1, 0.15) is 11.1 Å². The molecule has 36 heavy (non-hydrogen) atoms. The molecule has 8 heteroatoms. The molecule has 1 saturated heterocycles. The van der Waals surface area contributed by atoms with E-state index in [1.807, 2.05) is 43.3 Å². The highest BCUT2D eigenvalue weighted by Crippen LogP contribution is 2.30. The maximum atomic E-state index is 12.0. The van der Waals surface area contributed by atoms with Gasteiger partial charge in [0.25, 0.3) is 0 Å². The zero-order valence-electron chi connectivity index (χ0n) is 20.6. The van der Waals surface area contributed by atoms with Crippen molar-refractivity contribution in [3.05, 3.63) is 78.6 Å². The zero-order chi connectivity index (χ0) is 25.1. The molecule has 0 amide bonds. The number of piperazine rings is 1. The van der Waals surface area contributed by atoms with Gasteiger partial charge < -0.3 is 24.9 Å². The number of anilines is 5. The van der Waals surface area contributed by atoms with Crippen LogP contribution in [0.5, 0.6) is 0 Å². The Morgan fingerprint density at radius 2 is 1.83 bits per heavy atom. The van der Waals surface area contributed by atoms with Crippen molar-refractivity contribution in [2.24, 2.45) is 0 Å². The van der Waals surface area contributed by atoms with E-state index in [4.69, 9.17) is 9.40 Å². The summed E-state index contributed by atoms with van der Waals surface area (Å²) < 4.78 is 5.68. The second-order valence-electron chi connectivity index (χ2n) is 9.13. The summed E-state index contributed by atoms with van der Waals surface area (Å²) in [5.41, 5.74) is 6.06. The van der Waals surface area contributed by atoms with Crippen LogP contribution in [0.2, 0.25) is 0 Å². The number of benzene rings is 2. The first-order valence-electron chi connectivity index (χ1n) is 12.1. The van der Waals surface area contributed by atoms with Crippen molar-refractivity contribution in [2.45, 2.75) is 13.3 Å². The lowest BCUT2D eigenvalue weighted by molar-refractivity contribution is -0.114. The highest BCUT2D eigenvalue weighted by Gasteiger charge is 2.16. The van der Waals surface area contributed by atoms with Crippen molar-refractivity contribution in [1.29, 1.82) is 0 Å². The quantitative estimate of drug-likeness (QED) is 0.337. The van der Waals surface area contributed by atoms with Gasteiger partial charge in [-0.2, -0.15) is 4.98 Å². The molecule has 1 aliphatic rings. The largest absolute Gasteiger partial charge is 0.459 e. The number of hydrogen-bond acceptors (Lipinski definition) is 8. The normalized spacial score (nSPS) is 14.1. The molecular weight excluding hydrogens is 452 g/mol. The summed E-state index contributed by atoms with van der Waals surface area (Å²) >= 11 is 0. The smallest absolute Gasteiger partial charge is 0.230 e. The number of rotatable bonds is 8. The molecule has 1 aliphatic heterocycles. The topological polar surface area (TPSA) is 86.5 Å². The van der Waals surface area contributed by atoms with E-state index in [0.29, 0.717) is 22.9 Å². The average molecular weight is 483 g/mol. The molecule has 0 aliphatic carbocycles. The Bertz CT molecular complexity index is 1390. The Labute approximate surface area is 210 Å². The van der Waals surface area contributed by atoms with E-state index in [1.54, 1.807) is 6.26 Å². The molecule has 2 N–H and O–H groups in total. The van der Waals surface area contributed by atoms with E-state index in [0.717, 1.165) is 48.7 Å². The SMILES string of the molecule is C=CC(=O)Cc1ccc(C)cc1Nc1nc(Nc2ccc(N3CCN(C)CC3)cc2)nc2ccoc12. The molecule has 0 unspecified atom stereocenters. The predicted molar refractivity (Wildman–Crippen MR) is 145 cm³/mol. The molecule has 0 saturated carbocycles. The van der Waals surface area contributed by atoms with Crippen molar-refractivity contribution in [1.82, 2.24) is 14.9 Å². The fourth-order valence-electron chi connectivity index (χ4n) is 4.30. The van der Waals surface area contributed by atoms with Crippen molar-refractivity contribution in [2.75, 3.05) is 48.8 Å². The number of hydrogen-bond donors (Lipinski definition) is 2. The summed E-state index contributed by atoms with van der Waals surface area (Å²) in [6.07, 6.45) is 3.19. The van der Waals surface area contributed by atoms with Crippen LogP contribution in [-0.4, -0.2) is 53.9 Å². The van der Waals surface area contributed by atoms with Gasteiger partial charge in [-0.3, -0.25) is 4.79 Å². The average Bonchev–Trinajstić information content (AvgIpc) is 3.36. The van der Waals surface area contributed by atoms with Crippen LogP contribution in [-0.2, 0) is 11.2 Å². The first-order chi connectivity index (χ1) is 17.5. The van der Waals surface area contributed by atoms with Gasteiger partial charge in [0, 0.05) is 55.7 Å². The summed E-state index contributed by atoms with van der Waals surface area (Å²) in [6, 6.07) is 16.1. The highest BCUT2D eigenvalue weighted by molar-refractivity contribution is 5.93. The number of likely N-dealkylation sites (N-methyl/N-ethyl adjacent to an activating group) is 1. The third kappa shape index (κ3) is 5.23. The fraction of sp³-hybridized carbons (Fsp3) is 0.250. The summed E-state index contributed by atoms with van der Waals surface area (Å²) in [4.78, 5) is 26.1. The lowest BCUT2D eigenvalue weighted by atomic mass is 10.0. The molecular formula is C28H30N6O2. The number of aromatic nitrogens is 2. The van der Waals surface area contributed by atoms with Crippen LogP contribution in [0.15, 0.2) is 71.9 Å². The number of carbonyl (C=O) groups is 1. The van der Waals surface area contributed by atoms with Gasteiger partial charge in [0.05, 0.1) is 6.26 Å².